The van der Waals surface area contributed by atoms with Crippen molar-refractivity contribution in [1.29, 1.82) is 0 Å². The van der Waals surface area contributed by atoms with Crippen molar-refractivity contribution in [3.8, 4) is 0 Å². The molecule has 8 heteroatoms. The fourth-order valence-corrected chi connectivity index (χ4v) is 3.84. The van der Waals surface area contributed by atoms with Crippen LogP contribution in [0.25, 0.3) is 11.2 Å². The van der Waals surface area contributed by atoms with E-state index in [0.717, 1.165) is 41.2 Å². The number of nitrogens with one attached hydrogen (secondary N) is 2. The summed E-state index contributed by atoms with van der Waals surface area (Å²) in [6.07, 6.45) is 4.90. The molecular formula is C23H24FN5O2. The van der Waals surface area contributed by atoms with Gasteiger partial charge >= 0.3 is 0 Å². The Morgan fingerprint density at radius 1 is 1.13 bits per heavy atom. The molecule has 2 N–H and O–H groups in total. The number of H-pyrrole nitrogens is 1. The van der Waals surface area contributed by atoms with Gasteiger partial charge in [0.2, 0.25) is 0 Å². The van der Waals surface area contributed by atoms with Crippen LogP contribution in [0.4, 0.5) is 15.8 Å². The van der Waals surface area contributed by atoms with E-state index in [1.807, 2.05) is 35.2 Å². The summed E-state index contributed by atoms with van der Waals surface area (Å²) in [7, 11) is 0. The minimum atomic E-state index is -0.206. The van der Waals surface area contributed by atoms with Crippen LogP contribution in [-0.4, -0.2) is 41.3 Å². The van der Waals surface area contributed by atoms with Crippen molar-refractivity contribution in [2.75, 3.05) is 36.5 Å². The van der Waals surface area contributed by atoms with Gasteiger partial charge in [0.05, 0.1) is 30.9 Å². The number of furan rings is 1. The molecule has 1 aliphatic heterocycles. The Morgan fingerprint density at radius 2 is 2.03 bits per heavy atom. The van der Waals surface area contributed by atoms with Crippen LogP contribution in [0.15, 0.2) is 53.3 Å². The number of aromatic nitrogens is 3. The Balaban J connectivity index is 1.27. The van der Waals surface area contributed by atoms with Gasteiger partial charge in [0.15, 0.2) is 5.65 Å². The molecule has 31 heavy (non-hydrogen) atoms. The van der Waals surface area contributed by atoms with Crippen molar-refractivity contribution in [1.82, 2.24) is 15.0 Å². The fraction of sp³-hybridized carbons (Fsp3) is 0.304. The van der Waals surface area contributed by atoms with Gasteiger partial charge in [-0.2, -0.15) is 0 Å². The van der Waals surface area contributed by atoms with Gasteiger partial charge in [-0.05, 0) is 35.9 Å². The lowest BCUT2D eigenvalue weighted by Crippen LogP contribution is -2.36. The summed E-state index contributed by atoms with van der Waals surface area (Å²) in [6, 6.07) is 11.1. The second-order valence-electron chi connectivity index (χ2n) is 7.56. The Kier molecular flexibility index (Phi) is 5.54. The third-order valence-corrected chi connectivity index (χ3v) is 5.48. The van der Waals surface area contributed by atoms with E-state index in [-0.39, 0.29) is 5.82 Å². The zero-order valence-corrected chi connectivity index (χ0v) is 17.1. The van der Waals surface area contributed by atoms with Gasteiger partial charge in [-0.25, -0.2) is 14.4 Å². The second-order valence-corrected chi connectivity index (χ2v) is 7.56. The van der Waals surface area contributed by atoms with Gasteiger partial charge in [-0.1, -0.05) is 6.07 Å². The number of hydrogen-bond acceptors (Lipinski definition) is 6. The van der Waals surface area contributed by atoms with E-state index in [2.05, 4.69) is 20.3 Å². The molecule has 3 aromatic heterocycles. The van der Waals surface area contributed by atoms with Crippen LogP contribution in [0.3, 0.4) is 0 Å². The van der Waals surface area contributed by atoms with Crippen molar-refractivity contribution >= 4 is 22.5 Å². The molecular weight excluding hydrogens is 397 g/mol. The predicted octanol–water partition coefficient (Wildman–Crippen LogP) is 3.92. The predicted molar refractivity (Wildman–Crippen MR) is 117 cm³/mol. The molecule has 0 atom stereocenters. The van der Waals surface area contributed by atoms with Gasteiger partial charge in [0.1, 0.15) is 22.9 Å². The summed E-state index contributed by atoms with van der Waals surface area (Å²) < 4.78 is 25.4. The van der Waals surface area contributed by atoms with E-state index in [4.69, 9.17) is 9.15 Å². The minimum absolute atomic E-state index is 0.206. The SMILES string of the molecule is Fc1cc(CNc2ccnc3nc(CCc4ccco4)[nH]c23)ccc1N1CCOCC1. The molecule has 1 aromatic carbocycles. The molecule has 0 saturated carbocycles. The highest BCUT2D eigenvalue weighted by molar-refractivity contribution is 5.85. The van der Waals surface area contributed by atoms with Gasteiger partial charge < -0.3 is 24.4 Å². The van der Waals surface area contributed by atoms with Crippen LogP contribution in [0.2, 0.25) is 0 Å². The van der Waals surface area contributed by atoms with Crippen molar-refractivity contribution in [3.05, 3.63) is 71.8 Å². The number of anilines is 2. The number of aromatic amines is 1. The molecule has 4 aromatic rings. The van der Waals surface area contributed by atoms with Crippen LogP contribution < -0.4 is 10.2 Å². The molecule has 1 fully saturated rings. The van der Waals surface area contributed by atoms with E-state index >= 15 is 0 Å². The van der Waals surface area contributed by atoms with E-state index in [1.54, 1.807) is 18.5 Å². The maximum Gasteiger partial charge on any atom is 0.179 e. The first kappa shape index (κ1) is 19.6. The summed E-state index contributed by atoms with van der Waals surface area (Å²) in [5, 5.41) is 3.38. The molecule has 0 spiro atoms. The van der Waals surface area contributed by atoms with Crippen LogP contribution in [0.5, 0.6) is 0 Å². The molecule has 4 heterocycles. The Morgan fingerprint density at radius 3 is 2.84 bits per heavy atom. The highest BCUT2D eigenvalue weighted by Crippen LogP contribution is 2.24. The van der Waals surface area contributed by atoms with Crippen molar-refractivity contribution < 1.29 is 13.5 Å². The van der Waals surface area contributed by atoms with E-state index < -0.39 is 0 Å². The van der Waals surface area contributed by atoms with E-state index in [0.29, 0.717) is 44.2 Å². The number of pyridine rings is 1. The van der Waals surface area contributed by atoms with Crippen molar-refractivity contribution in [2.45, 2.75) is 19.4 Å². The number of imidazole rings is 1. The summed E-state index contributed by atoms with van der Waals surface area (Å²) in [4.78, 5) is 14.3. The monoisotopic (exact) mass is 421 g/mol. The highest BCUT2D eigenvalue weighted by Gasteiger charge is 2.15. The number of halogens is 1. The number of benzene rings is 1. The molecule has 7 nitrogen and oxygen atoms in total. The Hall–Kier alpha value is -3.39. The molecule has 160 valence electrons. The maximum absolute atomic E-state index is 14.7. The van der Waals surface area contributed by atoms with E-state index in [1.165, 1.54) is 0 Å². The van der Waals surface area contributed by atoms with Gasteiger partial charge in [-0.3, -0.25) is 0 Å². The lowest BCUT2D eigenvalue weighted by molar-refractivity contribution is 0.122. The lowest BCUT2D eigenvalue weighted by atomic mass is 10.1. The molecule has 1 aliphatic rings. The number of morpholine rings is 1. The minimum Gasteiger partial charge on any atom is -0.469 e. The largest absolute Gasteiger partial charge is 0.469 e. The molecule has 5 rings (SSSR count). The maximum atomic E-state index is 14.7. The normalized spacial score (nSPS) is 14.3. The summed E-state index contributed by atoms with van der Waals surface area (Å²) in [5.41, 5.74) is 3.90. The number of fused-ring (bicyclic) bond motifs is 1. The van der Waals surface area contributed by atoms with Crippen LogP contribution >= 0.6 is 0 Å². The Bertz CT molecular complexity index is 1150. The molecule has 0 aliphatic carbocycles. The second kappa shape index (κ2) is 8.77. The van der Waals surface area contributed by atoms with Crippen LogP contribution in [0.1, 0.15) is 17.1 Å². The van der Waals surface area contributed by atoms with E-state index in [9.17, 15) is 4.39 Å². The quantitative estimate of drug-likeness (QED) is 0.471. The molecule has 1 saturated heterocycles. The first-order valence-corrected chi connectivity index (χ1v) is 10.5. The zero-order chi connectivity index (χ0) is 21.0. The Labute approximate surface area is 179 Å². The first-order chi connectivity index (χ1) is 15.3. The molecule has 0 amide bonds. The number of hydrogen-bond donors (Lipinski definition) is 2. The standard InChI is InChI=1S/C23H24FN5O2/c24-18-14-16(3-5-20(18)29-9-12-30-13-10-29)15-26-19-7-8-25-23-22(19)27-21(28-23)6-4-17-2-1-11-31-17/h1-3,5,7-8,11,14H,4,6,9-10,12-13,15H2,(H2,25,26,27,28). The van der Waals surface area contributed by atoms with Gasteiger partial charge in [0.25, 0.3) is 0 Å². The lowest BCUT2D eigenvalue weighted by Gasteiger charge is -2.29. The molecule has 0 radical (unpaired) electrons. The zero-order valence-electron chi connectivity index (χ0n) is 17.1. The molecule has 0 bridgehead atoms. The third-order valence-electron chi connectivity index (χ3n) is 5.48. The summed E-state index contributed by atoms with van der Waals surface area (Å²) in [5.74, 6) is 1.58. The number of rotatable bonds is 7. The fourth-order valence-electron chi connectivity index (χ4n) is 3.84. The summed E-state index contributed by atoms with van der Waals surface area (Å²) in [6.45, 7) is 3.19. The summed E-state index contributed by atoms with van der Waals surface area (Å²) >= 11 is 0. The molecule has 0 unspecified atom stereocenters. The van der Waals surface area contributed by atoms with Crippen molar-refractivity contribution in [2.24, 2.45) is 0 Å². The number of aryl methyl sites for hydroxylation is 2. The van der Waals surface area contributed by atoms with Crippen LogP contribution in [-0.2, 0) is 24.1 Å². The topological polar surface area (TPSA) is 79.2 Å². The average molecular weight is 421 g/mol. The first-order valence-electron chi connectivity index (χ1n) is 10.5. The van der Waals surface area contributed by atoms with Gasteiger partial charge in [-0.15, -0.1) is 0 Å². The number of ether oxygens (including phenoxy) is 1. The highest BCUT2D eigenvalue weighted by atomic mass is 19.1. The average Bonchev–Trinajstić information content (AvgIpc) is 3.46. The van der Waals surface area contributed by atoms with Crippen LogP contribution in [0, 0.1) is 5.82 Å². The third kappa shape index (κ3) is 4.39. The van der Waals surface area contributed by atoms with Crippen molar-refractivity contribution in [3.63, 3.8) is 0 Å². The number of nitrogens with zero attached hydrogens (tertiary/aromatic N) is 3. The smallest absolute Gasteiger partial charge is 0.179 e. The van der Waals surface area contributed by atoms with Gasteiger partial charge in [0, 0.05) is 38.7 Å².